The molecule has 0 aliphatic rings. The lowest BCUT2D eigenvalue weighted by atomic mass is 10.1. The Morgan fingerprint density at radius 3 is 2.53 bits per heavy atom. The number of hydrogen-bond donors (Lipinski definition) is 1. The maximum absolute atomic E-state index is 10.4. The molecule has 0 fully saturated rings. The van der Waals surface area contributed by atoms with E-state index in [4.69, 9.17) is 5.11 Å². The Labute approximate surface area is 111 Å². The van der Waals surface area contributed by atoms with E-state index < -0.39 is 5.97 Å². The van der Waals surface area contributed by atoms with Gasteiger partial charge in [0.15, 0.2) is 0 Å². The van der Waals surface area contributed by atoms with Crippen LogP contribution in [-0.4, -0.2) is 25.8 Å². The van der Waals surface area contributed by atoms with Crippen LogP contribution in [0.2, 0.25) is 0 Å². The van der Waals surface area contributed by atoms with E-state index in [9.17, 15) is 4.79 Å². The molecule has 98 valence electrons. The van der Waals surface area contributed by atoms with Crippen LogP contribution < -0.4 is 0 Å². The third kappa shape index (κ3) is 3.51. The molecule has 19 heavy (non-hydrogen) atoms. The fourth-order valence-electron chi connectivity index (χ4n) is 1.79. The molecule has 0 aliphatic heterocycles. The number of aliphatic carboxylic acids is 1. The summed E-state index contributed by atoms with van der Waals surface area (Å²) in [5.41, 5.74) is 1.96. The SMILES string of the molecule is Cc1nc(C)n(Cc2ccc(/C=C/C(=O)O)cc2)n1. The van der Waals surface area contributed by atoms with Crippen molar-refractivity contribution in [3.05, 3.63) is 53.1 Å². The second kappa shape index (κ2) is 5.48. The van der Waals surface area contributed by atoms with E-state index in [0.717, 1.165) is 28.9 Å². The molecule has 0 spiro atoms. The molecular formula is C14H15N3O2. The molecule has 0 saturated carbocycles. The second-order valence-electron chi connectivity index (χ2n) is 4.28. The van der Waals surface area contributed by atoms with Gasteiger partial charge in [-0.2, -0.15) is 5.10 Å². The highest BCUT2D eigenvalue weighted by Crippen LogP contribution is 2.08. The van der Waals surface area contributed by atoms with Gasteiger partial charge in [0.25, 0.3) is 0 Å². The molecule has 0 aliphatic carbocycles. The average Bonchev–Trinajstić information content (AvgIpc) is 2.67. The predicted molar refractivity (Wildman–Crippen MR) is 71.7 cm³/mol. The average molecular weight is 257 g/mol. The molecule has 2 aromatic rings. The fraction of sp³-hybridized carbons (Fsp3) is 0.214. The van der Waals surface area contributed by atoms with Crippen LogP contribution in [0.3, 0.4) is 0 Å². The van der Waals surface area contributed by atoms with Crippen molar-refractivity contribution in [3.63, 3.8) is 0 Å². The zero-order chi connectivity index (χ0) is 13.8. The van der Waals surface area contributed by atoms with Crippen LogP contribution in [-0.2, 0) is 11.3 Å². The lowest BCUT2D eigenvalue weighted by Gasteiger charge is -2.03. The number of carboxylic acids is 1. The molecule has 0 bridgehead atoms. The summed E-state index contributed by atoms with van der Waals surface area (Å²) in [5, 5.41) is 12.9. The van der Waals surface area contributed by atoms with Gasteiger partial charge in [-0.05, 0) is 31.1 Å². The first-order valence-electron chi connectivity index (χ1n) is 5.92. The fourth-order valence-corrected chi connectivity index (χ4v) is 1.79. The Hall–Kier alpha value is -2.43. The number of aromatic nitrogens is 3. The van der Waals surface area contributed by atoms with Crippen LogP contribution in [0.15, 0.2) is 30.3 Å². The number of benzene rings is 1. The highest BCUT2D eigenvalue weighted by molar-refractivity contribution is 5.85. The maximum Gasteiger partial charge on any atom is 0.328 e. The van der Waals surface area contributed by atoms with Gasteiger partial charge in [0, 0.05) is 6.08 Å². The van der Waals surface area contributed by atoms with Crippen molar-refractivity contribution in [1.29, 1.82) is 0 Å². The molecule has 0 atom stereocenters. The molecule has 0 amide bonds. The molecule has 1 aromatic carbocycles. The van der Waals surface area contributed by atoms with Crippen LogP contribution in [0, 0.1) is 13.8 Å². The van der Waals surface area contributed by atoms with Gasteiger partial charge in [-0.1, -0.05) is 24.3 Å². The first-order chi connectivity index (χ1) is 9.04. The summed E-state index contributed by atoms with van der Waals surface area (Å²) >= 11 is 0. The van der Waals surface area contributed by atoms with Crippen molar-refractivity contribution in [2.75, 3.05) is 0 Å². The molecule has 0 saturated heterocycles. The number of nitrogens with zero attached hydrogens (tertiary/aromatic N) is 3. The molecule has 5 heteroatoms. The van der Waals surface area contributed by atoms with Gasteiger partial charge in [0.05, 0.1) is 6.54 Å². The highest BCUT2D eigenvalue weighted by Gasteiger charge is 2.03. The summed E-state index contributed by atoms with van der Waals surface area (Å²) in [4.78, 5) is 14.7. The van der Waals surface area contributed by atoms with Crippen LogP contribution in [0.25, 0.3) is 6.08 Å². The van der Waals surface area contributed by atoms with Crippen molar-refractivity contribution >= 4 is 12.0 Å². The monoisotopic (exact) mass is 257 g/mol. The first kappa shape index (κ1) is 13.0. The topological polar surface area (TPSA) is 68.0 Å². The van der Waals surface area contributed by atoms with Crippen molar-refractivity contribution in [2.24, 2.45) is 0 Å². The molecule has 5 nitrogen and oxygen atoms in total. The maximum atomic E-state index is 10.4. The van der Waals surface area contributed by atoms with Gasteiger partial charge in [-0.25, -0.2) is 14.5 Å². The number of carbonyl (C=O) groups is 1. The molecule has 0 radical (unpaired) electrons. The summed E-state index contributed by atoms with van der Waals surface area (Å²) in [6.45, 7) is 4.45. The number of carboxylic acid groups (broad SMARTS) is 1. The third-order valence-electron chi connectivity index (χ3n) is 2.69. The summed E-state index contributed by atoms with van der Waals surface area (Å²) in [6, 6.07) is 7.68. The normalized spacial score (nSPS) is 11.1. The van der Waals surface area contributed by atoms with Gasteiger partial charge in [-0.15, -0.1) is 0 Å². The second-order valence-corrected chi connectivity index (χ2v) is 4.28. The Bertz CT molecular complexity index is 612. The van der Waals surface area contributed by atoms with Gasteiger partial charge >= 0.3 is 5.97 Å². The standard InChI is InChI=1S/C14H15N3O2/c1-10-15-11(2)17(16-10)9-13-5-3-12(4-6-13)7-8-14(18)19/h3-8H,9H2,1-2H3,(H,18,19)/b8-7+. The Kier molecular flexibility index (Phi) is 3.75. The van der Waals surface area contributed by atoms with Gasteiger partial charge in [-0.3, -0.25) is 0 Å². The van der Waals surface area contributed by atoms with Crippen LogP contribution in [0.4, 0.5) is 0 Å². The van der Waals surface area contributed by atoms with Gasteiger partial charge < -0.3 is 5.11 Å². The van der Waals surface area contributed by atoms with E-state index in [1.807, 2.05) is 42.8 Å². The Morgan fingerprint density at radius 2 is 2.00 bits per heavy atom. The van der Waals surface area contributed by atoms with Crippen LogP contribution >= 0.6 is 0 Å². The quantitative estimate of drug-likeness (QED) is 0.851. The predicted octanol–water partition coefficient (Wildman–Crippen LogP) is 2.04. The molecule has 0 unspecified atom stereocenters. The highest BCUT2D eigenvalue weighted by atomic mass is 16.4. The number of aryl methyl sites for hydroxylation is 2. The zero-order valence-corrected chi connectivity index (χ0v) is 10.9. The van der Waals surface area contributed by atoms with Crippen molar-refractivity contribution in [2.45, 2.75) is 20.4 Å². The van der Waals surface area contributed by atoms with Crippen molar-refractivity contribution in [3.8, 4) is 0 Å². The minimum Gasteiger partial charge on any atom is -0.478 e. The molecular weight excluding hydrogens is 242 g/mol. The third-order valence-corrected chi connectivity index (χ3v) is 2.69. The summed E-state index contributed by atoms with van der Waals surface area (Å²) in [7, 11) is 0. The number of rotatable bonds is 4. The van der Waals surface area contributed by atoms with E-state index in [1.165, 1.54) is 0 Å². The van der Waals surface area contributed by atoms with Crippen molar-refractivity contribution < 1.29 is 9.90 Å². The molecule has 2 rings (SSSR count). The van der Waals surface area contributed by atoms with E-state index in [0.29, 0.717) is 6.54 Å². The first-order valence-corrected chi connectivity index (χ1v) is 5.92. The summed E-state index contributed by atoms with van der Waals surface area (Å²) in [6.07, 6.45) is 2.69. The molecule has 1 heterocycles. The van der Waals surface area contributed by atoms with Crippen LogP contribution in [0.1, 0.15) is 22.8 Å². The largest absolute Gasteiger partial charge is 0.478 e. The molecule has 1 aromatic heterocycles. The molecule has 1 N–H and O–H groups in total. The van der Waals surface area contributed by atoms with E-state index >= 15 is 0 Å². The van der Waals surface area contributed by atoms with Gasteiger partial charge in [0.2, 0.25) is 0 Å². The van der Waals surface area contributed by atoms with E-state index in [1.54, 1.807) is 6.08 Å². The minimum absolute atomic E-state index is 0.662. The zero-order valence-electron chi connectivity index (χ0n) is 10.9. The Morgan fingerprint density at radius 1 is 1.32 bits per heavy atom. The summed E-state index contributed by atoms with van der Waals surface area (Å²) in [5.74, 6) is 0.698. The van der Waals surface area contributed by atoms with Crippen molar-refractivity contribution in [1.82, 2.24) is 14.8 Å². The minimum atomic E-state index is -0.946. The lowest BCUT2D eigenvalue weighted by molar-refractivity contribution is -0.131. The Balaban J connectivity index is 2.10. The smallest absolute Gasteiger partial charge is 0.328 e. The van der Waals surface area contributed by atoms with Gasteiger partial charge in [0.1, 0.15) is 11.6 Å². The summed E-state index contributed by atoms with van der Waals surface area (Å²) < 4.78 is 1.84. The van der Waals surface area contributed by atoms with E-state index in [-0.39, 0.29) is 0 Å². The van der Waals surface area contributed by atoms with Crippen LogP contribution in [0.5, 0.6) is 0 Å². The number of hydrogen-bond acceptors (Lipinski definition) is 3. The van der Waals surface area contributed by atoms with E-state index in [2.05, 4.69) is 10.1 Å². The lowest BCUT2D eigenvalue weighted by Crippen LogP contribution is -2.04.